The van der Waals surface area contributed by atoms with Crippen molar-refractivity contribution >= 4 is 5.97 Å². The number of methoxy groups -OCH3 is 1. The molecule has 2 aliphatic rings. The summed E-state index contributed by atoms with van der Waals surface area (Å²) in [6.45, 7) is 1.18. The van der Waals surface area contributed by atoms with Gasteiger partial charge in [-0.3, -0.25) is 10.1 Å². The summed E-state index contributed by atoms with van der Waals surface area (Å²) in [7, 11) is 1.42. The molecule has 1 heterocycles. The number of esters is 1. The number of morpholine rings is 1. The van der Waals surface area contributed by atoms with Gasteiger partial charge in [-0.1, -0.05) is 19.3 Å². The van der Waals surface area contributed by atoms with E-state index >= 15 is 0 Å². The maximum absolute atomic E-state index is 11.4. The van der Waals surface area contributed by atoms with Gasteiger partial charge in [0.05, 0.1) is 20.3 Å². The maximum Gasteiger partial charge on any atom is 0.325 e. The minimum atomic E-state index is -0.276. The second-order valence-electron chi connectivity index (χ2n) is 4.58. The van der Waals surface area contributed by atoms with Crippen LogP contribution in [0.15, 0.2) is 0 Å². The van der Waals surface area contributed by atoms with E-state index in [1.165, 1.54) is 26.4 Å². The van der Waals surface area contributed by atoms with Gasteiger partial charge in [-0.05, 0) is 12.8 Å². The first-order chi connectivity index (χ1) is 7.26. The first kappa shape index (κ1) is 10.9. The highest BCUT2D eigenvalue weighted by molar-refractivity contribution is 5.76. The minimum Gasteiger partial charge on any atom is -0.468 e. The van der Waals surface area contributed by atoms with E-state index in [0.717, 1.165) is 19.4 Å². The smallest absolute Gasteiger partial charge is 0.325 e. The van der Waals surface area contributed by atoms with Gasteiger partial charge in [0.2, 0.25) is 0 Å². The second-order valence-corrected chi connectivity index (χ2v) is 4.58. The number of ether oxygens (including phenoxy) is 2. The van der Waals surface area contributed by atoms with Gasteiger partial charge in [0, 0.05) is 5.54 Å². The molecule has 0 bridgehead atoms. The van der Waals surface area contributed by atoms with E-state index < -0.39 is 0 Å². The SMILES string of the molecule is COC(=O)C1COCC2(CCCCC2)N1. The van der Waals surface area contributed by atoms with Crippen LogP contribution < -0.4 is 5.32 Å². The first-order valence-electron chi connectivity index (χ1n) is 5.69. The molecule has 1 aliphatic carbocycles. The fourth-order valence-electron chi connectivity index (χ4n) is 2.61. The average molecular weight is 213 g/mol. The molecule has 1 atom stereocenters. The zero-order chi connectivity index (χ0) is 10.7. The maximum atomic E-state index is 11.4. The molecule has 4 heteroatoms. The Bertz CT molecular complexity index is 230. The third-order valence-electron chi connectivity index (χ3n) is 3.44. The molecule has 86 valence electrons. The fourth-order valence-corrected chi connectivity index (χ4v) is 2.61. The summed E-state index contributed by atoms with van der Waals surface area (Å²) in [5, 5.41) is 3.42. The van der Waals surface area contributed by atoms with Crippen molar-refractivity contribution in [1.29, 1.82) is 0 Å². The summed E-state index contributed by atoms with van der Waals surface area (Å²) < 4.78 is 10.3. The molecule has 1 spiro atoms. The van der Waals surface area contributed by atoms with Crippen molar-refractivity contribution in [1.82, 2.24) is 5.32 Å². The number of nitrogens with one attached hydrogen (secondary N) is 1. The molecule has 1 N–H and O–H groups in total. The molecule has 2 rings (SSSR count). The molecule has 4 nitrogen and oxygen atoms in total. The lowest BCUT2D eigenvalue weighted by Crippen LogP contribution is -2.62. The van der Waals surface area contributed by atoms with Crippen LogP contribution in [0.4, 0.5) is 0 Å². The second kappa shape index (κ2) is 4.49. The van der Waals surface area contributed by atoms with Crippen LogP contribution in [0.3, 0.4) is 0 Å². The normalized spacial score (nSPS) is 30.1. The van der Waals surface area contributed by atoms with Crippen LogP contribution in [-0.4, -0.2) is 37.9 Å². The average Bonchev–Trinajstić information content (AvgIpc) is 2.29. The summed E-state index contributed by atoms with van der Waals surface area (Å²) >= 11 is 0. The number of hydrogen-bond acceptors (Lipinski definition) is 4. The van der Waals surface area contributed by atoms with Crippen LogP contribution in [0, 0.1) is 0 Å². The van der Waals surface area contributed by atoms with Gasteiger partial charge in [-0.25, -0.2) is 0 Å². The molecule has 15 heavy (non-hydrogen) atoms. The molecule has 1 saturated heterocycles. The summed E-state index contributed by atoms with van der Waals surface area (Å²) in [6, 6.07) is -0.276. The Kier molecular flexibility index (Phi) is 3.26. The highest BCUT2D eigenvalue weighted by atomic mass is 16.5. The zero-order valence-electron chi connectivity index (χ0n) is 9.25. The predicted molar refractivity (Wildman–Crippen MR) is 55.6 cm³/mol. The van der Waals surface area contributed by atoms with Crippen LogP contribution in [0.5, 0.6) is 0 Å². The molecular formula is C11H19NO3. The lowest BCUT2D eigenvalue weighted by molar-refractivity contribution is -0.149. The van der Waals surface area contributed by atoms with Crippen molar-refractivity contribution in [3.05, 3.63) is 0 Å². The molecular weight excluding hydrogens is 194 g/mol. The molecule has 2 fully saturated rings. The van der Waals surface area contributed by atoms with Crippen LogP contribution >= 0.6 is 0 Å². The summed E-state index contributed by atoms with van der Waals surface area (Å²) in [4.78, 5) is 11.4. The van der Waals surface area contributed by atoms with Crippen molar-refractivity contribution in [2.24, 2.45) is 0 Å². The molecule has 0 amide bonds. The van der Waals surface area contributed by atoms with Crippen molar-refractivity contribution in [2.45, 2.75) is 43.7 Å². The Morgan fingerprint density at radius 1 is 1.40 bits per heavy atom. The van der Waals surface area contributed by atoms with Crippen LogP contribution in [0.1, 0.15) is 32.1 Å². The molecule has 0 aromatic carbocycles. The Morgan fingerprint density at radius 3 is 2.80 bits per heavy atom. The van der Waals surface area contributed by atoms with Crippen molar-refractivity contribution in [3.8, 4) is 0 Å². The highest BCUT2D eigenvalue weighted by Crippen LogP contribution is 2.30. The van der Waals surface area contributed by atoms with Crippen LogP contribution in [0.2, 0.25) is 0 Å². The Morgan fingerprint density at radius 2 is 2.13 bits per heavy atom. The van der Waals surface area contributed by atoms with E-state index in [2.05, 4.69) is 5.32 Å². The number of carbonyl (C=O) groups excluding carboxylic acids is 1. The minimum absolute atomic E-state index is 0.0371. The molecule has 0 aromatic heterocycles. The van der Waals surface area contributed by atoms with Crippen molar-refractivity contribution in [3.63, 3.8) is 0 Å². The molecule has 0 radical (unpaired) electrons. The number of carbonyl (C=O) groups is 1. The lowest BCUT2D eigenvalue weighted by Gasteiger charge is -2.43. The standard InChI is InChI=1S/C11H19NO3/c1-14-10(13)9-7-15-8-11(12-9)5-3-2-4-6-11/h9,12H,2-8H2,1H3. The van der Waals surface area contributed by atoms with E-state index in [1.54, 1.807) is 0 Å². The fraction of sp³-hybridized carbons (Fsp3) is 0.909. The summed E-state index contributed by atoms with van der Waals surface area (Å²) in [5.74, 6) is -0.209. The number of rotatable bonds is 1. The van der Waals surface area contributed by atoms with Gasteiger partial charge in [0.1, 0.15) is 6.04 Å². The van der Waals surface area contributed by atoms with Crippen molar-refractivity contribution < 1.29 is 14.3 Å². The van der Waals surface area contributed by atoms with Crippen LogP contribution in [0.25, 0.3) is 0 Å². The summed E-state index contributed by atoms with van der Waals surface area (Å²) in [5.41, 5.74) is 0.0371. The highest BCUT2D eigenvalue weighted by Gasteiger charge is 2.39. The van der Waals surface area contributed by atoms with Crippen LogP contribution in [-0.2, 0) is 14.3 Å². The Labute approximate surface area is 90.3 Å². The number of hydrogen-bond donors (Lipinski definition) is 1. The van der Waals surface area contributed by atoms with Gasteiger partial charge in [0.25, 0.3) is 0 Å². The van der Waals surface area contributed by atoms with E-state index in [0.29, 0.717) is 6.61 Å². The van der Waals surface area contributed by atoms with E-state index in [9.17, 15) is 4.79 Å². The largest absolute Gasteiger partial charge is 0.468 e. The van der Waals surface area contributed by atoms with E-state index in [4.69, 9.17) is 9.47 Å². The molecule has 1 unspecified atom stereocenters. The molecule has 0 aromatic rings. The third kappa shape index (κ3) is 2.32. The Balaban J connectivity index is 1.99. The van der Waals surface area contributed by atoms with Crippen molar-refractivity contribution in [2.75, 3.05) is 20.3 Å². The quantitative estimate of drug-likeness (QED) is 0.656. The van der Waals surface area contributed by atoms with Gasteiger partial charge in [-0.15, -0.1) is 0 Å². The van der Waals surface area contributed by atoms with Gasteiger partial charge in [0.15, 0.2) is 0 Å². The predicted octanol–water partition coefficient (Wildman–Crippen LogP) is 0.851. The van der Waals surface area contributed by atoms with E-state index in [-0.39, 0.29) is 17.6 Å². The third-order valence-corrected chi connectivity index (χ3v) is 3.44. The van der Waals surface area contributed by atoms with Gasteiger partial charge in [-0.2, -0.15) is 0 Å². The first-order valence-corrected chi connectivity index (χ1v) is 5.69. The van der Waals surface area contributed by atoms with Gasteiger partial charge >= 0.3 is 5.97 Å². The topological polar surface area (TPSA) is 47.6 Å². The van der Waals surface area contributed by atoms with Gasteiger partial charge < -0.3 is 9.47 Å². The molecule has 1 aliphatic heterocycles. The Hall–Kier alpha value is -0.610. The molecule has 1 saturated carbocycles. The summed E-state index contributed by atoms with van der Waals surface area (Å²) in [6.07, 6.45) is 5.97. The lowest BCUT2D eigenvalue weighted by atomic mass is 9.81. The van der Waals surface area contributed by atoms with E-state index in [1.807, 2.05) is 0 Å². The zero-order valence-corrected chi connectivity index (χ0v) is 9.25. The monoisotopic (exact) mass is 213 g/mol.